The molecule has 0 saturated heterocycles. The molecule has 4 N–H and O–H groups in total. The van der Waals surface area contributed by atoms with E-state index in [0.29, 0.717) is 0 Å². The van der Waals surface area contributed by atoms with Gasteiger partial charge in [-0.15, -0.1) is 0 Å². The van der Waals surface area contributed by atoms with E-state index in [0.717, 1.165) is 11.6 Å². The number of carbonyl (C=O) groups excluding carboxylic acids is 2. The second kappa shape index (κ2) is 7.46. The van der Waals surface area contributed by atoms with Gasteiger partial charge in [0.15, 0.2) is 5.76 Å². The van der Waals surface area contributed by atoms with E-state index >= 15 is 0 Å². The maximum absolute atomic E-state index is 11.7. The minimum Gasteiger partial charge on any atom is -0.504 e. The number of Topliss-reactive ketones (excluding diaryl/α,β-unsaturated/α-hetero) is 1. The molecule has 7 nitrogen and oxygen atoms in total. The first kappa shape index (κ1) is 16.6. The summed E-state index contributed by atoms with van der Waals surface area (Å²) in [6, 6.07) is 9.08. The number of carbonyl (C=O) groups is 2. The van der Waals surface area contributed by atoms with E-state index in [-0.39, 0.29) is 13.2 Å². The minimum atomic E-state index is -1.25. The molecule has 0 bridgehead atoms. The summed E-state index contributed by atoms with van der Waals surface area (Å²) in [5.41, 5.74) is 0.819. The monoisotopic (exact) mass is 319 g/mol. The van der Waals surface area contributed by atoms with Crippen LogP contribution >= 0.6 is 0 Å². The van der Waals surface area contributed by atoms with Crippen molar-refractivity contribution in [3.8, 4) is 0 Å². The van der Waals surface area contributed by atoms with E-state index < -0.39 is 35.4 Å². The quantitative estimate of drug-likeness (QED) is 0.651. The minimum absolute atomic E-state index is 0.0857. The molecule has 122 valence electrons. The van der Waals surface area contributed by atoms with Gasteiger partial charge in [0.05, 0.1) is 12.0 Å². The van der Waals surface area contributed by atoms with Gasteiger partial charge in [-0.3, -0.25) is 4.79 Å². The zero-order valence-corrected chi connectivity index (χ0v) is 12.2. The summed E-state index contributed by atoms with van der Waals surface area (Å²) in [4.78, 5) is 23.3. The lowest BCUT2D eigenvalue weighted by atomic mass is 9.91. The molecule has 0 radical (unpaired) electrons. The number of ether oxygens (including phenoxy) is 1. The Kier molecular flexibility index (Phi) is 5.37. The molecule has 0 spiro atoms. The molecule has 1 aliphatic rings. The second-order valence-electron chi connectivity index (χ2n) is 4.99. The Balaban J connectivity index is 1.78. The van der Waals surface area contributed by atoms with Crippen molar-refractivity contribution in [1.29, 1.82) is 0 Å². The Labute approximate surface area is 132 Å². The Morgan fingerprint density at radius 3 is 2.65 bits per heavy atom. The molecule has 0 aromatic heterocycles. The topological polar surface area (TPSA) is 116 Å². The van der Waals surface area contributed by atoms with Gasteiger partial charge < -0.3 is 25.4 Å². The van der Waals surface area contributed by atoms with E-state index in [1.54, 1.807) is 12.1 Å². The fourth-order valence-electron chi connectivity index (χ4n) is 2.04. The molecule has 0 aliphatic heterocycles. The largest absolute Gasteiger partial charge is 0.504 e. The van der Waals surface area contributed by atoms with Crippen molar-refractivity contribution in [2.24, 2.45) is 5.92 Å². The molecular formula is C16H17NO6. The van der Waals surface area contributed by atoms with Crippen LogP contribution in [0, 0.1) is 5.92 Å². The van der Waals surface area contributed by atoms with Gasteiger partial charge in [0.1, 0.15) is 6.61 Å². The molecule has 0 fully saturated rings. The Morgan fingerprint density at radius 1 is 1.26 bits per heavy atom. The number of rotatable bonds is 5. The van der Waals surface area contributed by atoms with E-state index in [2.05, 4.69) is 5.32 Å². The summed E-state index contributed by atoms with van der Waals surface area (Å²) < 4.78 is 4.97. The summed E-state index contributed by atoms with van der Waals surface area (Å²) in [6.07, 6.45) is 0.401. The van der Waals surface area contributed by atoms with Gasteiger partial charge >= 0.3 is 6.09 Å². The molecule has 0 heterocycles. The predicted octanol–water partition coefficient (Wildman–Crippen LogP) is 1.36. The number of alkyl carbamates (subject to hydrolysis) is 1. The summed E-state index contributed by atoms with van der Waals surface area (Å²) in [5.74, 6) is -3.20. The van der Waals surface area contributed by atoms with E-state index in [9.17, 15) is 24.9 Å². The van der Waals surface area contributed by atoms with Crippen LogP contribution in [0.4, 0.5) is 4.79 Å². The highest BCUT2D eigenvalue weighted by Crippen LogP contribution is 2.19. The molecule has 1 aromatic rings. The van der Waals surface area contributed by atoms with Crippen molar-refractivity contribution in [1.82, 2.24) is 5.32 Å². The third-order valence-electron chi connectivity index (χ3n) is 3.32. The standard InChI is InChI=1S/C16H17NO6/c18-12-7-6-11(14(20)15(12)21)13(19)8-17-16(22)23-9-10-4-2-1-3-5-10/h1-7,11,13,18-19,21H,8-9H2,(H,17,22)/t11?,13-/m1/s1. The van der Waals surface area contributed by atoms with Gasteiger partial charge in [-0.05, 0) is 11.6 Å². The summed E-state index contributed by atoms with van der Waals surface area (Å²) in [7, 11) is 0. The average molecular weight is 319 g/mol. The van der Waals surface area contributed by atoms with Crippen LogP contribution < -0.4 is 5.32 Å². The van der Waals surface area contributed by atoms with Gasteiger partial charge in [0, 0.05) is 6.54 Å². The zero-order valence-electron chi connectivity index (χ0n) is 12.2. The molecule has 0 saturated carbocycles. The number of hydrogen-bond acceptors (Lipinski definition) is 6. The number of aliphatic hydroxyl groups excluding tert-OH is 3. The van der Waals surface area contributed by atoms with Crippen LogP contribution in [0.3, 0.4) is 0 Å². The van der Waals surface area contributed by atoms with Crippen molar-refractivity contribution in [2.45, 2.75) is 12.7 Å². The zero-order chi connectivity index (χ0) is 16.8. The number of ketones is 1. The Bertz CT molecular complexity index is 637. The van der Waals surface area contributed by atoms with Gasteiger partial charge in [-0.1, -0.05) is 36.4 Å². The summed E-state index contributed by atoms with van der Waals surface area (Å²) >= 11 is 0. The maximum Gasteiger partial charge on any atom is 0.407 e. The first-order valence-corrected chi connectivity index (χ1v) is 6.96. The van der Waals surface area contributed by atoms with Crippen molar-refractivity contribution >= 4 is 11.9 Å². The molecule has 1 aromatic carbocycles. The molecule has 23 heavy (non-hydrogen) atoms. The molecule has 1 aliphatic carbocycles. The lowest BCUT2D eigenvalue weighted by molar-refractivity contribution is -0.123. The fourth-order valence-corrected chi connectivity index (χ4v) is 2.04. The molecule has 7 heteroatoms. The normalized spacial score (nSPS) is 18.7. The van der Waals surface area contributed by atoms with Gasteiger partial charge in [0.25, 0.3) is 0 Å². The van der Waals surface area contributed by atoms with Gasteiger partial charge in [-0.25, -0.2) is 4.79 Å². The average Bonchev–Trinajstić information content (AvgIpc) is 2.57. The van der Waals surface area contributed by atoms with E-state index in [1.165, 1.54) is 6.08 Å². The van der Waals surface area contributed by atoms with Crippen molar-refractivity contribution < 1.29 is 29.6 Å². The molecular weight excluding hydrogens is 302 g/mol. The third-order valence-corrected chi connectivity index (χ3v) is 3.32. The fraction of sp³-hybridized carbons (Fsp3) is 0.250. The van der Waals surface area contributed by atoms with E-state index in [1.807, 2.05) is 18.2 Å². The van der Waals surface area contributed by atoms with Crippen molar-refractivity contribution in [3.63, 3.8) is 0 Å². The van der Waals surface area contributed by atoms with E-state index in [4.69, 9.17) is 4.74 Å². The summed E-state index contributed by atoms with van der Waals surface area (Å²) in [5, 5.41) is 30.8. The molecule has 1 amide bonds. The highest BCUT2D eigenvalue weighted by atomic mass is 16.5. The first-order chi connectivity index (χ1) is 11.0. The number of aliphatic hydroxyl groups is 3. The van der Waals surface area contributed by atoms with Crippen molar-refractivity contribution in [3.05, 3.63) is 59.6 Å². The number of nitrogens with one attached hydrogen (secondary N) is 1. The lowest BCUT2D eigenvalue weighted by Gasteiger charge is -2.21. The van der Waals surface area contributed by atoms with Gasteiger partial charge in [0.2, 0.25) is 11.5 Å². The van der Waals surface area contributed by atoms with Crippen molar-refractivity contribution in [2.75, 3.05) is 6.54 Å². The van der Waals surface area contributed by atoms with Crippen LogP contribution in [-0.4, -0.2) is 39.8 Å². The third kappa shape index (κ3) is 4.33. The highest BCUT2D eigenvalue weighted by molar-refractivity contribution is 5.98. The molecule has 1 unspecified atom stereocenters. The first-order valence-electron chi connectivity index (χ1n) is 6.96. The predicted molar refractivity (Wildman–Crippen MR) is 80.6 cm³/mol. The van der Waals surface area contributed by atoms with Crippen LogP contribution in [0.25, 0.3) is 0 Å². The number of amides is 1. The SMILES string of the molecule is O=C(NC[C@@H](O)C1C=CC(O)=C(O)C1=O)OCc1ccccc1. The number of allylic oxidation sites excluding steroid dienone is 2. The molecule has 2 atom stereocenters. The van der Waals surface area contributed by atoms with Crippen LogP contribution in [0.1, 0.15) is 5.56 Å². The smallest absolute Gasteiger partial charge is 0.407 e. The lowest BCUT2D eigenvalue weighted by Crippen LogP contribution is -2.40. The summed E-state index contributed by atoms with van der Waals surface area (Å²) in [6.45, 7) is -0.148. The number of hydrogen-bond donors (Lipinski definition) is 4. The van der Waals surface area contributed by atoms with Crippen LogP contribution in [-0.2, 0) is 16.1 Å². The molecule has 2 rings (SSSR count). The maximum atomic E-state index is 11.7. The Hall–Kier alpha value is -2.80. The van der Waals surface area contributed by atoms with Crippen LogP contribution in [0.5, 0.6) is 0 Å². The highest BCUT2D eigenvalue weighted by Gasteiger charge is 2.31. The number of benzene rings is 1. The van der Waals surface area contributed by atoms with Crippen LogP contribution in [0.2, 0.25) is 0 Å². The Morgan fingerprint density at radius 2 is 1.96 bits per heavy atom. The van der Waals surface area contributed by atoms with Crippen LogP contribution in [0.15, 0.2) is 54.0 Å². The second-order valence-corrected chi connectivity index (χ2v) is 4.99. The van der Waals surface area contributed by atoms with Gasteiger partial charge in [-0.2, -0.15) is 0 Å².